The van der Waals surface area contributed by atoms with Crippen LogP contribution in [0, 0.1) is 11.8 Å². The molecule has 1 saturated heterocycles. The van der Waals surface area contributed by atoms with E-state index in [0.29, 0.717) is 38.1 Å². The molecular formula is C23H29F3N2O4. The first-order valence-electron chi connectivity index (χ1n) is 11.0. The second kappa shape index (κ2) is 7.93. The summed E-state index contributed by atoms with van der Waals surface area (Å²) in [6, 6.07) is 3.70. The van der Waals surface area contributed by atoms with Gasteiger partial charge in [0.15, 0.2) is 0 Å². The van der Waals surface area contributed by atoms with Crippen LogP contribution in [0.1, 0.15) is 50.7 Å². The fourth-order valence-corrected chi connectivity index (χ4v) is 5.29. The van der Waals surface area contributed by atoms with Crippen LogP contribution >= 0.6 is 0 Å². The lowest BCUT2D eigenvalue weighted by Crippen LogP contribution is -2.60. The van der Waals surface area contributed by atoms with Gasteiger partial charge in [-0.3, -0.25) is 9.59 Å². The van der Waals surface area contributed by atoms with E-state index in [-0.39, 0.29) is 30.3 Å². The Morgan fingerprint density at radius 1 is 1.25 bits per heavy atom. The summed E-state index contributed by atoms with van der Waals surface area (Å²) in [4.78, 5) is 25.7. The number of nitrogens with two attached hydrogens (primary N) is 1. The van der Waals surface area contributed by atoms with E-state index in [1.54, 1.807) is 0 Å². The van der Waals surface area contributed by atoms with Crippen molar-refractivity contribution >= 4 is 11.9 Å². The van der Waals surface area contributed by atoms with Crippen LogP contribution < -0.4 is 10.5 Å². The zero-order chi connectivity index (χ0) is 23.3. The van der Waals surface area contributed by atoms with E-state index < -0.39 is 22.9 Å². The normalized spacial score (nSPS) is 30.3. The molecule has 9 heteroatoms. The second-order valence-electron chi connectivity index (χ2n) is 9.76. The van der Waals surface area contributed by atoms with Gasteiger partial charge in [-0.1, -0.05) is 6.07 Å². The average Bonchev–Trinajstić information content (AvgIpc) is 3.05. The Bertz CT molecular complexity index is 905. The maximum Gasteiger partial charge on any atom is 0.416 e. The molecular weight excluding hydrogens is 425 g/mol. The fraction of sp³-hybridized carbons (Fsp3) is 0.652. The molecule has 3 aliphatic rings. The molecule has 6 nitrogen and oxygen atoms in total. The van der Waals surface area contributed by atoms with Crippen molar-refractivity contribution in [3.05, 3.63) is 29.3 Å². The maximum absolute atomic E-state index is 13.0. The van der Waals surface area contributed by atoms with Crippen LogP contribution in [-0.2, 0) is 26.9 Å². The topological polar surface area (TPSA) is 81.9 Å². The molecule has 0 aromatic heterocycles. The standard InChI is InChI=1S/C23H29F3N2O4/c1-14(29)31-13-22(27)11-16(12-22)20(30)28-7-5-17(6-8-28)21(2)10-15-3-4-18(23(24,25)26)9-19(15)32-21/h3-4,9,16-17H,5-8,10-13,27H2,1-2H3. The second-order valence-corrected chi connectivity index (χ2v) is 9.76. The number of amides is 1. The van der Waals surface area contributed by atoms with E-state index in [4.69, 9.17) is 15.2 Å². The Balaban J connectivity index is 1.30. The van der Waals surface area contributed by atoms with Gasteiger partial charge < -0.3 is 20.1 Å². The molecule has 1 saturated carbocycles. The Morgan fingerprint density at radius 2 is 1.91 bits per heavy atom. The minimum atomic E-state index is -4.40. The zero-order valence-electron chi connectivity index (χ0n) is 18.3. The first-order chi connectivity index (χ1) is 14.9. The molecule has 0 spiro atoms. The Morgan fingerprint density at radius 3 is 2.50 bits per heavy atom. The summed E-state index contributed by atoms with van der Waals surface area (Å²) in [6.07, 6.45) is -1.38. The van der Waals surface area contributed by atoms with Gasteiger partial charge in [-0.15, -0.1) is 0 Å². The van der Waals surface area contributed by atoms with Crippen LogP contribution in [0.25, 0.3) is 0 Å². The predicted octanol–water partition coefficient (Wildman–Crippen LogP) is 3.31. The number of carbonyl (C=O) groups excluding carboxylic acids is 2. The third kappa shape index (κ3) is 4.44. The number of esters is 1. The van der Waals surface area contributed by atoms with Gasteiger partial charge in [0.1, 0.15) is 18.0 Å². The number of likely N-dealkylation sites (tertiary alicyclic amines) is 1. The monoisotopic (exact) mass is 454 g/mol. The smallest absolute Gasteiger partial charge is 0.416 e. The lowest BCUT2D eigenvalue weighted by atomic mass is 9.68. The van der Waals surface area contributed by atoms with E-state index in [1.165, 1.54) is 13.0 Å². The van der Waals surface area contributed by atoms with Crippen LogP contribution in [0.15, 0.2) is 18.2 Å². The lowest BCUT2D eigenvalue weighted by Gasteiger charge is -2.46. The molecule has 176 valence electrons. The van der Waals surface area contributed by atoms with Crippen LogP contribution in [0.2, 0.25) is 0 Å². The molecule has 2 fully saturated rings. The molecule has 1 aromatic rings. The number of benzene rings is 1. The van der Waals surface area contributed by atoms with Crippen molar-refractivity contribution in [3.63, 3.8) is 0 Å². The summed E-state index contributed by atoms with van der Waals surface area (Å²) in [5, 5.41) is 0. The average molecular weight is 454 g/mol. The zero-order valence-corrected chi connectivity index (χ0v) is 18.3. The fourth-order valence-electron chi connectivity index (χ4n) is 5.29. The highest BCUT2D eigenvalue weighted by atomic mass is 19.4. The number of hydrogen-bond acceptors (Lipinski definition) is 5. The van der Waals surface area contributed by atoms with Crippen molar-refractivity contribution in [1.82, 2.24) is 4.90 Å². The van der Waals surface area contributed by atoms with E-state index in [2.05, 4.69) is 0 Å². The third-order valence-electron chi connectivity index (χ3n) is 7.17. The maximum atomic E-state index is 13.0. The quantitative estimate of drug-likeness (QED) is 0.706. The number of hydrogen-bond donors (Lipinski definition) is 1. The Hall–Kier alpha value is -2.29. The molecule has 1 aliphatic carbocycles. The van der Waals surface area contributed by atoms with Gasteiger partial charge in [0.25, 0.3) is 0 Å². The van der Waals surface area contributed by atoms with Crippen molar-refractivity contribution in [2.75, 3.05) is 19.7 Å². The molecule has 1 unspecified atom stereocenters. The Labute approximate surface area is 185 Å². The van der Waals surface area contributed by atoms with Gasteiger partial charge in [0, 0.05) is 38.3 Å². The number of fused-ring (bicyclic) bond motifs is 1. The van der Waals surface area contributed by atoms with E-state index in [1.807, 2.05) is 11.8 Å². The minimum absolute atomic E-state index is 0.0722. The predicted molar refractivity (Wildman–Crippen MR) is 110 cm³/mol. The van der Waals surface area contributed by atoms with Gasteiger partial charge >= 0.3 is 12.1 Å². The molecule has 2 aliphatic heterocycles. The highest BCUT2D eigenvalue weighted by Crippen LogP contribution is 2.45. The molecule has 4 rings (SSSR count). The summed E-state index contributed by atoms with van der Waals surface area (Å²) >= 11 is 0. The van der Waals surface area contributed by atoms with Gasteiger partial charge in [0.2, 0.25) is 5.91 Å². The van der Waals surface area contributed by atoms with Gasteiger partial charge in [0.05, 0.1) is 11.1 Å². The van der Waals surface area contributed by atoms with E-state index >= 15 is 0 Å². The number of ether oxygens (including phenoxy) is 2. The van der Waals surface area contributed by atoms with Crippen LogP contribution in [0.4, 0.5) is 13.2 Å². The number of nitrogens with zero attached hydrogens (tertiary/aromatic N) is 1. The summed E-state index contributed by atoms with van der Waals surface area (Å²) in [5.74, 6) is -0.0147. The van der Waals surface area contributed by atoms with Crippen molar-refractivity contribution < 1.29 is 32.2 Å². The molecule has 1 aromatic carbocycles. The van der Waals surface area contributed by atoms with Gasteiger partial charge in [-0.2, -0.15) is 13.2 Å². The number of carbonyl (C=O) groups is 2. The van der Waals surface area contributed by atoms with Crippen molar-refractivity contribution in [3.8, 4) is 5.75 Å². The molecule has 1 amide bonds. The highest BCUT2D eigenvalue weighted by Gasteiger charge is 2.49. The summed E-state index contributed by atoms with van der Waals surface area (Å²) in [5.41, 5.74) is 5.06. The summed E-state index contributed by atoms with van der Waals surface area (Å²) in [7, 11) is 0. The van der Waals surface area contributed by atoms with E-state index in [0.717, 1.165) is 30.5 Å². The molecule has 2 heterocycles. The first kappa shape index (κ1) is 22.9. The minimum Gasteiger partial charge on any atom is -0.487 e. The lowest BCUT2D eigenvalue weighted by molar-refractivity contribution is -0.149. The molecule has 0 bridgehead atoms. The number of rotatable bonds is 4. The van der Waals surface area contributed by atoms with Gasteiger partial charge in [-0.25, -0.2) is 0 Å². The van der Waals surface area contributed by atoms with Gasteiger partial charge in [-0.05, 0) is 50.3 Å². The van der Waals surface area contributed by atoms with Crippen molar-refractivity contribution in [1.29, 1.82) is 0 Å². The Kier molecular flexibility index (Phi) is 5.68. The largest absolute Gasteiger partial charge is 0.487 e. The van der Waals surface area contributed by atoms with Crippen LogP contribution in [0.3, 0.4) is 0 Å². The van der Waals surface area contributed by atoms with Crippen molar-refractivity contribution in [2.24, 2.45) is 17.6 Å². The van der Waals surface area contributed by atoms with Crippen molar-refractivity contribution in [2.45, 2.75) is 63.3 Å². The molecule has 1 atom stereocenters. The van der Waals surface area contributed by atoms with E-state index in [9.17, 15) is 22.8 Å². The van der Waals surface area contributed by atoms with Crippen LogP contribution in [0.5, 0.6) is 5.75 Å². The number of alkyl halides is 3. The summed E-state index contributed by atoms with van der Waals surface area (Å²) in [6.45, 7) is 4.58. The molecule has 2 N–H and O–H groups in total. The highest BCUT2D eigenvalue weighted by molar-refractivity contribution is 5.80. The third-order valence-corrected chi connectivity index (χ3v) is 7.17. The number of piperidine rings is 1. The summed E-state index contributed by atoms with van der Waals surface area (Å²) < 4.78 is 50.1. The molecule has 32 heavy (non-hydrogen) atoms. The number of halogens is 3. The van der Waals surface area contributed by atoms with Crippen LogP contribution in [-0.4, -0.2) is 47.6 Å². The molecule has 0 radical (unpaired) electrons. The first-order valence-corrected chi connectivity index (χ1v) is 11.0. The SMILES string of the molecule is CC(=O)OCC1(N)CC(C(=O)N2CCC(C3(C)Cc4ccc(C(F)(F)F)cc4O3)CC2)C1.